The van der Waals surface area contributed by atoms with Crippen molar-refractivity contribution in [1.29, 1.82) is 0 Å². The van der Waals surface area contributed by atoms with Gasteiger partial charge in [0.05, 0.1) is 6.42 Å². The molecule has 0 aromatic heterocycles. The average Bonchev–Trinajstić information content (AvgIpc) is 2.74. The van der Waals surface area contributed by atoms with Gasteiger partial charge in [-0.05, 0) is 73.3 Å². The predicted octanol–water partition coefficient (Wildman–Crippen LogP) is 9.23. The van der Waals surface area contributed by atoms with E-state index in [1.807, 2.05) is 12.1 Å². The average molecular weight is 423 g/mol. The van der Waals surface area contributed by atoms with Gasteiger partial charge in [-0.1, -0.05) is 82.6 Å². The fourth-order valence-corrected chi connectivity index (χ4v) is 6.05. The summed E-state index contributed by atoms with van der Waals surface area (Å²) in [5.74, 6) is 3.34. The number of unbranched alkanes of at least 4 members (excludes halogenated alkanes) is 4. The SMILES string of the molecule is CCCCCCC[C@H]1CC[C@H](C2CCC(c3ccc(CC(F)(F)F)cc3)CC2)CC1. The molecule has 1 aromatic carbocycles. The van der Waals surface area contributed by atoms with Crippen molar-refractivity contribution < 1.29 is 13.2 Å². The lowest BCUT2D eigenvalue weighted by atomic mass is 9.68. The Morgan fingerprint density at radius 2 is 1.30 bits per heavy atom. The molecule has 0 heterocycles. The first-order chi connectivity index (χ1) is 14.4. The standard InChI is InChI=1S/C27H41F3/c1-2-3-4-5-6-7-21-8-12-23(13-9-21)25-16-18-26(19-17-25)24-14-10-22(11-15-24)20-27(28,29)30/h10-11,14-15,21,23,25-26H,2-9,12-13,16-20H2,1H3/t21-,23-,25?,26?. The summed E-state index contributed by atoms with van der Waals surface area (Å²) in [5.41, 5.74) is 1.62. The number of halogens is 3. The first-order valence-corrected chi connectivity index (χ1v) is 12.6. The quantitative estimate of drug-likeness (QED) is 0.348. The van der Waals surface area contributed by atoms with Crippen LogP contribution < -0.4 is 0 Å². The maximum absolute atomic E-state index is 12.5. The second-order valence-corrected chi connectivity index (χ2v) is 10.1. The third-order valence-electron chi connectivity index (χ3n) is 7.90. The molecule has 3 rings (SSSR count). The van der Waals surface area contributed by atoms with Crippen molar-refractivity contribution in [1.82, 2.24) is 0 Å². The Morgan fingerprint density at radius 1 is 0.733 bits per heavy atom. The van der Waals surface area contributed by atoms with Gasteiger partial charge in [-0.3, -0.25) is 0 Å². The molecule has 2 fully saturated rings. The van der Waals surface area contributed by atoms with E-state index in [1.54, 1.807) is 12.1 Å². The Kier molecular flexibility index (Phi) is 9.13. The van der Waals surface area contributed by atoms with Crippen LogP contribution in [-0.2, 0) is 6.42 Å². The van der Waals surface area contributed by atoms with Gasteiger partial charge in [-0.15, -0.1) is 0 Å². The second-order valence-electron chi connectivity index (χ2n) is 10.1. The second kappa shape index (κ2) is 11.6. The van der Waals surface area contributed by atoms with E-state index in [1.165, 1.54) is 95.5 Å². The lowest BCUT2D eigenvalue weighted by molar-refractivity contribution is -0.127. The van der Waals surface area contributed by atoms with Gasteiger partial charge >= 0.3 is 6.18 Å². The first kappa shape index (κ1) is 23.7. The molecule has 2 aliphatic rings. The molecule has 170 valence electrons. The zero-order chi connectivity index (χ0) is 21.4. The molecule has 0 unspecified atom stereocenters. The number of rotatable bonds is 9. The maximum Gasteiger partial charge on any atom is 0.393 e. The summed E-state index contributed by atoms with van der Waals surface area (Å²) in [4.78, 5) is 0. The zero-order valence-corrected chi connectivity index (χ0v) is 18.9. The van der Waals surface area contributed by atoms with Crippen molar-refractivity contribution >= 4 is 0 Å². The van der Waals surface area contributed by atoms with Crippen LogP contribution in [0.4, 0.5) is 13.2 Å². The van der Waals surface area contributed by atoms with Gasteiger partial charge in [0.25, 0.3) is 0 Å². The lowest BCUT2D eigenvalue weighted by Crippen LogP contribution is -2.25. The summed E-state index contributed by atoms with van der Waals surface area (Å²) in [6.07, 6.45) is 14.3. The highest BCUT2D eigenvalue weighted by Gasteiger charge is 2.31. The molecule has 2 aliphatic carbocycles. The Bertz CT molecular complexity index is 588. The van der Waals surface area contributed by atoms with Crippen molar-refractivity contribution in [3.8, 4) is 0 Å². The summed E-state index contributed by atoms with van der Waals surface area (Å²) in [7, 11) is 0. The fraction of sp³-hybridized carbons (Fsp3) is 0.778. The normalized spacial score (nSPS) is 27.9. The van der Waals surface area contributed by atoms with Crippen molar-refractivity contribution in [3.63, 3.8) is 0 Å². The summed E-state index contributed by atoms with van der Waals surface area (Å²) >= 11 is 0. The van der Waals surface area contributed by atoms with Gasteiger partial charge in [0.1, 0.15) is 0 Å². The van der Waals surface area contributed by atoms with E-state index in [2.05, 4.69) is 6.92 Å². The summed E-state index contributed by atoms with van der Waals surface area (Å²) < 4.78 is 37.6. The van der Waals surface area contributed by atoms with Crippen LogP contribution in [0.1, 0.15) is 114 Å². The Balaban J connectivity index is 1.36. The molecule has 1 aromatic rings. The van der Waals surface area contributed by atoms with Crippen LogP contribution in [-0.4, -0.2) is 6.18 Å². The molecular formula is C27H41F3. The minimum absolute atomic E-state index is 0.377. The Hall–Kier alpha value is -0.990. The third-order valence-corrected chi connectivity index (χ3v) is 7.90. The van der Waals surface area contributed by atoms with Gasteiger partial charge in [0.15, 0.2) is 0 Å². The molecule has 0 nitrogen and oxygen atoms in total. The van der Waals surface area contributed by atoms with E-state index in [-0.39, 0.29) is 0 Å². The van der Waals surface area contributed by atoms with E-state index in [4.69, 9.17) is 0 Å². The van der Waals surface area contributed by atoms with Crippen molar-refractivity contribution in [2.45, 2.75) is 115 Å². The van der Waals surface area contributed by atoms with E-state index >= 15 is 0 Å². The molecule has 0 aliphatic heterocycles. The van der Waals surface area contributed by atoms with Gasteiger partial charge in [-0.25, -0.2) is 0 Å². The van der Waals surface area contributed by atoms with E-state index in [9.17, 15) is 13.2 Å². The molecule has 0 radical (unpaired) electrons. The molecule has 0 atom stereocenters. The minimum atomic E-state index is -4.12. The van der Waals surface area contributed by atoms with Crippen LogP contribution >= 0.6 is 0 Å². The van der Waals surface area contributed by atoms with Gasteiger partial charge < -0.3 is 0 Å². The van der Waals surface area contributed by atoms with Gasteiger partial charge in [0, 0.05) is 0 Å². The summed E-state index contributed by atoms with van der Waals surface area (Å²) in [6, 6.07) is 7.24. The zero-order valence-electron chi connectivity index (χ0n) is 18.9. The molecule has 0 N–H and O–H groups in total. The van der Waals surface area contributed by atoms with E-state index in [0.29, 0.717) is 11.5 Å². The van der Waals surface area contributed by atoms with Crippen molar-refractivity contribution in [2.75, 3.05) is 0 Å². The summed E-state index contributed by atoms with van der Waals surface area (Å²) in [6.45, 7) is 2.28. The highest BCUT2D eigenvalue weighted by Crippen LogP contribution is 2.44. The highest BCUT2D eigenvalue weighted by molar-refractivity contribution is 5.26. The monoisotopic (exact) mass is 422 g/mol. The van der Waals surface area contributed by atoms with Crippen LogP contribution in [0.3, 0.4) is 0 Å². The molecule has 0 saturated heterocycles. The lowest BCUT2D eigenvalue weighted by Gasteiger charge is -2.38. The fourth-order valence-electron chi connectivity index (χ4n) is 6.05. The van der Waals surface area contributed by atoms with Gasteiger partial charge in [-0.2, -0.15) is 13.2 Å². The highest BCUT2D eigenvalue weighted by atomic mass is 19.4. The number of hydrogen-bond donors (Lipinski definition) is 0. The Morgan fingerprint density at radius 3 is 1.87 bits per heavy atom. The number of hydrogen-bond acceptors (Lipinski definition) is 0. The molecule has 3 heteroatoms. The minimum Gasteiger partial charge on any atom is -0.171 e. The molecular weight excluding hydrogens is 381 g/mol. The maximum atomic E-state index is 12.5. The molecule has 0 bridgehead atoms. The van der Waals surface area contributed by atoms with E-state index < -0.39 is 12.6 Å². The van der Waals surface area contributed by atoms with E-state index in [0.717, 1.165) is 17.8 Å². The molecule has 0 amide bonds. The van der Waals surface area contributed by atoms with Crippen LogP contribution in [0.15, 0.2) is 24.3 Å². The van der Waals surface area contributed by atoms with Crippen LogP contribution in [0.2, 0.25) is 0 Å². The smallest absolute Gasteiger partial charge is 0.171 e. The topological polar surface area (TPSA) is 0 Å². The molecule has 2 saturated carbocycles. The Labute approximate surface area is 182 Å². The van der Waals surface area contributed by atoms with Crippen molar-refractivity contribution in [3.05, 3.63) is 35.4 Å². The van der Waals surface area contributed by atoms with Gasteiger partial charge in [0.2, 0.25) is 0 Å². The van der Waals surface area contributed by atoms with Crippen molar-refractivity contribution in [2.24, 2.45) is 17.8 Å². The van der Waals surface area contributed by atoms with Crippen LogP contribution in [0, 0.1) is 17.8 Å². The summed E-state index contributed by atoms with van der Waals surface area (Å²) in [5, 5.41) is 0. The predicted molar refractivity (Wildman–Crippen MR) is 120 cm³/mol. The molecule has 30 heavy (non-hydrogen) atoms. The largest absolute Gasteiger partial charge is 0.393 e. The molecule has 0 spiro atoms. The third kappa shape index (κ3) is 7.61. The van der Waals surface area contributed by atoms with Crippen LogP contribution in [0.25, 0.3) is 0 Å². The first-order valence-electron chi connectivity index (χ1n) is 12.6. The number of alkyl halides is 3. The van der Waals surface area contributed by atoms with Crippen LogP contribution in [0.5, 0.6) is 0 Å². The number of benzene rings is 1.